The summed E-state index contributed by atoms with van der Waals surface area (Å²) in [5, 5.41) is 3.14. The van der Waals surface area contributed by atoms with Crippen LogP contribution >= 0.6 is 0 Å². The van der Waals surface area contributed by atoms with Crippen molar-refractivity contribution in [2.24, 2.45) is 5.18 Å². The highest BCUT2D eigenvalue weighted by molar-refractivity contribution is 4.88. The molecular formula is C8H15NO2. The van der Waals surface area contributed by atoms with Crippen molar-refractivity contribution in [3.05, 3.63) is 4.91 Å². The second-order valence-electron chi connectivity index (χ2n) is 3.52. The van der Waals surface area contributed by atoms with Crippen molar-refractivity contribution >= 4 is 0 Å². The molecule has 3 heteroatoms. The van der Waals surface area contributed by atoms with Crippen LogP contribution in [-0.2, 0) is 4.74 Å². The number of hydrogen-bond acceptors (Lipinski definition) is 3. The van der Waals surface area contributed by atoms with E-state index in [1.54, 1.807) is 7.11 Å². The molecule has 0 atom stereocenters. The molecular weight excluding hydrogens is 142 g/mol. The van der Waals surface area contributed by atoms with Crippen molar-refractivity contribution in [1.82, 2.24) is 0 Å². The van der Waals surface area contributed by atoms with E-state index in [4.69, 9.17) is 4.74 Å². The van der Waals surface area contributed by atoms with E-state index < -0.39 is 0 Å². The predicted molar refractivity (Wildman–Crippen MR) is 43.5 cm³/mol. The molecule has 0 aromatic carbocycles. The van der Waals surface area contributed by atoms with Crippen LogP contribution in [0.3, 0.4) is 0 Å². The molecule has 0 aromatic rings. The van der Waals surface area contributed by atoms with Crippen molar-refractivity contribution in [1.29, 1.82) is 0 Å². The third-order valence-corrected chi connectivity index (χ3v) is 2.56. The molecule has 0 saturated heterocycles. The van der Waals surface area contributed by atoms with Gasteiger partial charge in [-0.1, -0.05) is 5.18 Å². The van der Waals surface area contributed by atoms with Gasteiger partial charge in [0.2, 0.25) is 0 Å². The fraction of sp³-hybridized carbons (Fsp3) is 1.00. The lowest BCUT2D eigenvalue weighted by Crippen LogP contribution is -2.31. The Bertz CT molecular complexity index is 139. The van der Waals surface area contributed by atoms with Crippen molar-refractivity contribution in [3.8, 4) is 0 Å². The molecule has 1 aliphatic rings. The lowest BCUT2D eigenvalue weighted by Gasteiger charge is -2.30. The summed E-state index contributed by atoms with van der Waals surface area (Å²) in [7, 11) is 1.72. The van der Waals surface area contributed by atoms with Gasteiger partial charge in [-0.05, 0) is 32.6 Å². The van der Waals surface area contributed by atoms with Gasteiger partial charge in [0, 0.05) is 7.11 Å². The minimum Gasteiger partial charge on any atom is -0.381 e. The minimum absolute atomic E-state index is 0.310. The van der Waals surface area contributed by atoms with Gasteiger partial charge in [0.1, 0.15) is 5.54 Å². The molecule has 0 radical (unpaired) electrons. The van der Waals surface area contributed by atoms with Crippen molar-refractivity contribution in [2.45, 2.75) is 44.2 Å². The first-order valence-corrected chi connectivity index (χ1v) is 4.07. The van der Waals surface area contributed by atoms with E-state index in [9.17, 15) is 4.91 Å². The molecule has 1 rings (SSSR count). The molecule has 0 aliphatic heterocycles. The van der Waals surface area contributed by atoms with Gasteiger partial charge in [0.25, 0.3) is 0 Å². The standard InChI is InChI=1S/C8H15NO2/c1-8(9-10)5-3-7(11-2)4-6-8/h7H,3-6H2,1-2H3. The third-order valence-electron chi connectivity index (χ3n) is 2.56. The number of rotatable bonds is 2. The summed E-state index contributed by atoms with van der Waals surface area (Å²) in [4.78, 5) is 10.4. The van der Waals surface area contributed by atoms with Crippen LogP contribution < -0.4 is 0 Å². The Labute approximate surface area is 67.1 Å². The predicted octanol–water partition coefficient (Wildman–Crippen LogP) is 2.10. The number of nitroso groups, excluding NO2 is 1. The first kappa shape index (κ1) is 8.65. The Balaban J connectivity index is 2.41. The van der Waals surface area contributed by atoms with Crippen LogP contribution in [0.2, 0.25) is 0 Å². The summed E-state index contributed by atoms with van der Waals surface area (Å²) in [6, 6.07) is 0. The molecule has 1 fully saturated rings. The SMILES string of the molecule is COC1CCC(C)(N=O)CC1. The average Bonchev–Trinajstić information content (AvgIpc) is 2.06. The molecule has 11 heavy (non-hydrogen) atoms. The van der Waals surface area contributed by atoms with Crippen LogP contribution in [-0.4, -0.2) is 18.8 Å². The van der Waals surface area contributed by atoms with E-state index in [2.05, 4.69) is 5.18 Å². The van der Waals surface area contributed by atoms with E-state index in [-0.39, 0.29) is 5.54 Å². The van der Waals surface area contributed by atoms with Gasteiger partial charge >= 0.3 is 0 Å². The monoisotopic (exact) mass is 157 g/mol. The quantitative estimate of drug-likeness (QED) is 0.576. The van der Waals surface area contributed by atoms with E-state index in [0.29, 0.717) is 6.10 Å². The first-order chi connectivity index (χ1) is 5.20. The highest BCUT2D eigenvalue weighted by Crippen LogP contribution is 2.31. The Morgan fingerprint density at radius 2 is 2.00 bits per heavy atom. The average molecular weight is 157 g/mol. The van der Waals surface area contributed by atoms with Crippen LogP contribution in [0.25, 0.3) is 0 Å². The van der Waals surface area contributed by atoms with Gasteiger partial charge in [0.05, 0.1) is 6.10 Å². The van der Waals surface area contributed by atoms with Crippen LogP contribution in [0.5, 0.6) is 0 Å². The van der Waals surface area contributed by atoms with Gasteiger partial charge in [-0.3, -0.25) is 0 Å². The lowest BCUT2D eigenvalue weighted by molar-refractivity contribution is 0.0533. The molecule has 0 heterocycles. The Morgan fingerprint density at radius 1 is 1.45 bits per heavy atom. The fourth-order valence-corrected chi connectivity index (χ4v) is 1.54. The molecule has 64 valence electrons. The van der Waals surface area contributed by atoms with Crippen LogP contribution in [0, 0.1) is 4.91 Å². The van der Waals surface area contributed by atoms with E-state index in [1.165, 1.54) is 0 Å². The summed E-state index contributed by atoms with van der Waals surface area (Å²) < 4.78 is 5.19. The van der Waals surface area contributed by atoms with Gasteiger partial charge in [-0.15, -0.1) is 0 Å². The highest BCUT2D eigenvalue weighted by atomic mass is 16.5. The van der Waals surface area contributed by atoms with Crippen molar-refractivity contribution < 1.29 is 4.74 Å². The summed E-state index contributed by atoms with van der Waals surface area (Å²) >= 11 is 0. The zero-order valence-electron chi connectivity index (χ0n) is 7.17. The van der Waals surface area contributed by atoms with E-state index in [0.717, 1.165) is 25.7 Å². The second-order valence-corrected chi connectivity index (χ2v) is 3.52. The molecule has 0 bridgehead atoms. The Hall–Kier alpha value is -0.440. The second kappa shape index (κ2) is 3.30. The molecule has 3 nitrogen and oxygen atoms in total. The minimum atomic E-state index is -0.310. The van der Waals surface area contributed by atoms with Crippen molar-refractivity contribution in [3.63, 3.8) is 0 Å². The van der Waals surface area contributed by atoms with E-state index >= 15 is 0 Å². The van der Waals surface area contributed by atoms with Crippen LogP contribution in [0.4, 0.5) is 0 Å². The zero-order valence-corrected chi connectivity index (χ0v) is 7.17. The largest absolute Gasteiger partial charge is 0.381 e. The van der Waals surface area contributed by atoms with E-state index in [1.807, 2.05) is 6.92 Å². The molecule has 0 aromatic heterocycles. The Morgan fingerprint density at radius 3 is 2.36 bits per heavy atom. The van der Waals surface area contributed by atoms with Gasteiger partial charge in [0.15, 0.2) is 0 Å². The first-order valence-electron chi connectivity index (χ1n) is 4.07. The summed E-state index contributed by atoms with van der Waals surface area (Å²) in [5.41, 5.74) is -0.310. The number of hydrogen-bond donors (Lipinski definition) is 0. The van der Waals surface area contributed by atoms with Crippen LogP contribution in [0.1, 0.15) is 32.6 Å². The van der Waals surface area contributed by atoms with Gasteiger partial charge < -0.3 is 4.74 Å². The summed E-state index contributed by atoms with van der Waals surface area (Å²) in [6.07, 6.45) is 4.03. The molecule has 0 spiro atoms. The smallest absolute Gasteiger partial charge is 0.100 e. The molecule has 1 aliphatic carbocycles. The van der Waals surface area contributed by atoms with Gasteiger partial charge in [-0.25, -0.2) is 0 Å². The van der Waals surface area contributed by atoms with Gasteiger partial charge in [-0.2, -0.15) is 4.91 Å². The zero-order chi connectivity index (χ0) is 8.32. The topological polar surface area (TPSA) is 38.7 Å². The number of ether oxygens (including phenoxy) is 1. The maximum Gasteiger partial charge on any atom is 0.100 e. The molecule has 0 amide bonds. The lowest BCUT2D eigenvalue weighted by atomic mass is 9.83. The molecule has 0 unspecified atom stereocenters. The van der Waals surface area contributed by atoms with Crippen molar-refractivity contribution in [2.75, 3.05) is 7.11 Å². The molecule has 0 N–H and O–H groups in total. The van der Waals surface area contributed by atoms with Crippen LogP contribution in [0.15, 0.2) is 5.18 Å². The highest BCUT2D eigenvalue weighted by Gasteiger charge is 2.31. The third kappa shape index (κ3) is 1.99. The summed E-state index contributed by atoms with van der Waals surface area (Å²) in [5.74, 6) is 0. The summed E-state index contributed by atoms with van der Waals surface area (Å²) in [6.45, 7) is 1.92. The normalized spacial score (nSPS) is 38.5. The Kier molecular flexibility index (Phi) is 2.60. The number of nitrogens with zero attached hydrogens (tertiary/aromatic N) is 1. The fourth-order valence-electron chi connectivity index (χ4n) is 1.54. The molecule has 1 saturated carbocycles. The maximum absolute atomic E-state index is 10.4. The maximum atomic E-state index is 10.4. The number of methoxy groups -OCH3 is 1.